The zero-order valence-corrected chi connectivity index (χ0v) is 12.8. The van der Waals surface area contributed by atoms with Gasteiger partial charge < -0.3 is 20.1 Å². The van der Waals surface area contributed by atoms with Crippen molar-refractivity contribution in [1.29, 1.82) is 0 Å². The maximum Gasteiger partial charge on any atom is 0.231 e. The van der Waals surface area contributed by atoms with E-state index < -0.39 is 0 Å². The van der Waals surface area contributed by atoms with E-state index in [-0.39, 0.29) is 12.7 Å². The van der Waals surface area contributed by atoms with E-state index in [1.807, 2.05) is 25.1 Å². The van der Waals surface area contributed by atoms with Gasteiger partial charge >= 0.3 is 0 Å². The van der Waals surface area contributed by atoms with Crippen LogP contribution in [0.4, 0.5) is 17.3 Å². The van der Waals surface area contributed by atoms with E-state index in [1.165, 1.54) is 0 Å². The fourth-order valence-electron chi connectivity index (χ4n) is 2.13. The predicted molar refractivity (Wildman–Crippen MR) is 86.0 cm³/mol. The van der Waals surface area contributed by atoms with E-state index >= 15 is 0 Å². The van der Waals surface area contributed by atoms with E-state index in [2.05, 4.69) is 20.8 Å². The molecule has 0 radical (unpaired) electrons. The van der Waals surface area contributed by atoms with Crippen molar-refractivity contribution in [2.45, 2.75) is 26.2 Å². The Balaban J connectivity index is 1.60. The first-order valence-corrected chi connectivity index (χ1v) is 7.55. The number of amides is 1. The van der Waals surface area contributed by atoms with Crippen LogP contribution in [-0.2, 0) is 4.79 Å². The van der Waals surface area contributed by atoms with Gasteiger partial charge in [0.25, 0.3) is 0 Å². The number of ether oxygens (including phenoxy) is 2. The summed E-state index contributed by atoms with van der Waals surface area (Å²) in [5.74, 6) is 2.41. The third-order valence-corrected chi connectivity index (χ3v) is 3.33. The van der Waals surface area contributed by atoms with Crippen LogP contribution in [0.2, 0.25) is 0 Å². The number of carbonyl (C=O) groups excluding carboxylic acids is 1. The topological polar surface area (TPSA) is 85.4 Å². The first kappa shape index (κ1) is 15.1. The molecule has 0 spiro atoms. The second-order valence-corrected chi connectivity index (χ2v) is 5.15. The molecule has 1 aliphatic heterocycles. The molecule has 2 heterocycles. The van der Waals surface area contributed by atoms with Gasteiger partial charge in [-0.05, 0) is 30.7 Å². The molecule has 0 unspecified atom stereocenters. The number of anilines is 3. The van der Waals surface area contributed by atoms with Crippen molar-refractivity contribution in [3.05, 3.63) is 30.3 Å². The average Bonchev–Trinajstić information content (AvgIpc) is 3.02. The Kier molecular flexibility index (Phi) is 4.56. The minimum Gasteiger partial charge on any atom is -0.454 e. The maximum absolute atomic E-state index is 11.6. The molecule has 7 heteroatoms. The summed E-state index contributed by atoms with van der Waals surface area (Å²) >= 11 is 0. The fourth-order valence-corrected chi connectivity index (χ4v) is 2.13. The maximum atomic E-state index is 11.6. The van der Waals surface area contributed by atoms with E-state index in [9.17, 15) is 4.79 Å². The minimum absolute atomic E-state index is 0.0439. The molecule has 0 fully saturated rings. The molecule has 0 bridgehead atoms. The zero-order valence-electron chi connectivity index (χ0n) is 12.8. The lowest BCUT2D eigenvalue weighted by atomic mass is 10.2. The Bertz CT molecular complexity index is 688. The first-order chi connectivity index (χ1) is 11.2. The van der Waals surface area contributed by atoms with Crippen molar-refractivity contribution in [3.8, 4) is 11.5 Å². The van der Waals surface area contributed by atoms with Crippen LogP contribution in [0, 0.1) is 0 Å². The van der Waals surface area contributed by atoms with Gasteiger partial charge in [-0.3, -0.25) is 4.79 Å². The van der Waals surface area contributed by atoms with Crippen LogP contribution in [0.5, 0.6) is 11.5 Å². The van der Waals surface area contributed by atoms with Crippen molar-refractivity contribution < 1.29 is 14.3 Å². The summed E-state index contributed by atoms with van der Waals surface area (Å²) in [7, 11) is 0. The van der Waals surface area contributed by atoms with Gasteiger partial charge in [0, 0.05) is 18.2 Å². The highest BCUT2D eigenvalue weighted by molar-refractivity contribution is 5.89. The highest BCUT2D eigenvalue weighted by Crippen LogP contribution is 2.34. The summed E-state index contributed by atoms with van der Waals surface area (Å²) in [6.07, 6.45) is 2.34. The van der Waals surface area contributed by atoms with E-state index in [0.29, 0.717) is 23.8 Å². The Morgan fingerprint density at radius 3 is 2.70 bits per heavy atom. The van der Waals surface area contributed by atoms with Crippen molar-refractivity contribution in [2.75, 3.05) is 17.4 Å². The Hall–Kier alpha value is -2.83. The molecular weight excluding hydrogens is 296 g/mol. The van der Waals surface area contributed by atoms with Gasteiger partial charge in [-0.1, -0.05) is 13.3 Å². The molecule has 2 aromatic rings. The molecular formula is C16H18N4O3. The highest BCUT2D eigenvalue weighted by Gasteiger charge is 2.13. The third-order valence-electron chi connectivity index (χ3n) is 3.33. The lowest BCUT2D eigenvalue weighted by Crippen LogP contribution is -2.12. The van der Waals surface area contributed by atoms with Crippen molar-refractivity contribution >= 4 is 23.2 Å². The second kappa shape index (κ2) is 6.95. The second-order valence-electron chi connectivity index (χ2n) is 5.15. The van der Waals surface area contributed by atoms with Gasteiger partial charge in [0.2, 0.25) is 12.7 Å². The standard InChI is InChI=1S/C16H18N4O3/c1-2-3-4-16(21)18-15-8-7-14(19-20-15)17-11-5-6-12-13(9-11)23-10-22-12/h5-9H,2-4,10H2,1H3,(H,17,19)(H,18,20,21). The molecule has 1 aromatic heterocycles. The molecule has 23 heavy (non-hydrogen) atoms. The molecule has 7 nitrogen and oxygen atoms in total. The largest absolute Gasteiger partial charge is 0.454 e. The summed E-state index contributed by atoms with van der Waals surface area (Å²) in [6, 6.07) is 9.01. The van der Waals surface area contributed by atoms with Crippen LogP contribution in [0.1, 0.15) is 26.2 Å². The number of nitrogens with zero attached hydrogens (tertiary/aromatic N) is 2. The summed E-state index contributed by atoms with van der Waals surface area (Å²) in [4.78, 5) is 11.6. The van der Waals surface area contributed by atoms with Gasteiger partial charge in [0.05, 0.1) is 0 Å². The van der Waals surface area contributed by atoms with E-state index in [0.717, 1.165) is 24.3 Å². The summed E-state index contributed by atoms with van der Waals surface area (Å²) in [6.45, 7) is 2.29. The van der Waals surface area contributed by atoms with Crippen LogP contribution < -0.4 is 20.1 Å². The molecule has 120 valence electrons. The average molecular weight is 314 g/mol. The number of unbranched alkanes of at least 4 members (excludes halogenated alkanes) is 1. The van der Waals surface area contributed by atoms with E-state index in [1.54, 1.807) is 12.1 Å². The summed E-state index contributed by atoms with van der Waals surface area (Å²) < 4.78 is 10.6. The molecule has 0 saturated heterocycles. The summed E-state index contributed by atoms with van der Waals surface area (Å²) in [5, 5.41) is 13.9. The zero-order chi connectivity index (χ0) is 16.1. The SMILES string of the molecule is CCCCC(=O)Nc1ccc(Nc2ccc3c(c2)OCO3)nn1. The van der Waals surface area contributed by atoms with Crippen molar-refractivity contribution in [1.82, 2.24) is 10.2 Å². The van der Waals surface area contributed by atoms with Crippen LogP contribution in [0.25, 0.3) is 0 Å². The third kappa shape index (κ3) is 3.88. The molecule has 0 saturated carbocycles. The lowest BCUT2D eigenvalue weighted by molar-refractivity contribution is -0.116. The van der Waals surface area contributed by atoms with Crippen LogP contribution in [0.15, 0.2) is 30.3 Å². The number of benzene rings is 1. The minimum atomic E-state index is -0.0439. The van der Waals surface area contributed by atoms with Gasteiger partial charge in [-0.25, -0.2) is 0 Å². The predicted octanol–water partition coefficient (Wildman–Crippen LogP) is 3.08. The van der Waals surface area contributed by atoms with Gasteiger partial charge in [-0.2, -0.15) is 0 Å². The van der Waals surface area contributed by atoms with Crippen molar-refractivity contribution in [3.63, 3.8) is 0 Å². The molecule has 2 N–H and O–H groups in total. The molecule has 0 aliphatic carbocycles. The smallest absolute Gasteiger partial charge is 0.231 e. The van der Waals surface area contributed by atoms with Crippen LogP contribution in [-0.4, -0.2) is 22.9 Å². The number of fused-ring (bicyclic) bond motifs is 1. The summed E-state index contributed by atoms with van der Waals surface area (Å²) in [5.41, 5.74) is 0.822. The molecule has 0 atom stereocenters. The number of aromatic nitrogens is 2. The van der Waals surface area contributed by atoms with Crippen LogP contribution in [0.3, 0.4) is 0 Å². The van der Waals surface area contributed by atoms with E-state index in [4.69, 9.17) is 9.47 Å². The Morgan fingerprint density at radius 1 is 1.13 bits per heavy atom. The number of hydrogen-bond donors (Lipinski definition) is 2. The fraction of sp³-hybridized carbons (Fsp3) is 0.312. The molecule has 3 rings (SSSR count). The molecule has 1 aromatic carbocycles. The highest BCUT2D eigenvalue weighted by atomic mass is 16.7. The normalized spacial score (nSPS) is 12.0. The van der Waals surface area contributed by atoms with Gasteiger partial charge in [0.1, 0.15) is 0 Å². The number of rotatable bonds is 6. The Morgan fingerprint density at radius 2 is 1.91 bits per heavy atom. The van der Waals surface area contributed by atoms with Crippen LogP contribution >= 0.6 is 0 Å². The van der Waals surface area contributed by atoms with Gasteiger partial charge in [0.15, 0.2) is 23.1 Å². The van der Waals surface area contributed by atoms with Crippen molar-refractivity contribution in [2.24, 2.45) is 0 Å². The quantitative estimate of drug-likeness (QED) is 0.852. The van der Waals surface area contributed by atoms with Gasteiger partial charge in [-0.15, -0.1) is 10.2 Å². The number of nitrogens with one attached hydrogen (secondary N) is 2. The first-order valence-electron chi connectivity index (χ1n) is 7.55. The molecule has 1 amide bonds. The lowest BCUT2D eigenvalue weighted by Gasteiger charge is -2.07. The molecule has 1 aliphatic rings. The monoisotopic (exact) mass is 314 g/mol. The number of carbonyl (C=O) groups is 1. The number of hydrogen-bond acceptors (Lipinski definition) is 6. The Labute approximate surface area is 134 Å².